The van der Waals surface area contributed by atoms with Gasteiger partial charge in [0.1, 0.15) is 0 Å². The maximum atomic E-state index is 12.1. The van der Waals surface area contributed by atoms with Gasteiger partial charge in [-0.1, -0.05) is 24.2 Å². The number of halogens is 1. The lowest BCUT2D eigenvalue weighted by Gasteiger charge is -2.26. The second kappa shape index (κ2) is 6.99. The Labute approximate surface area is 132 Å². The van der Waals surface area contributed by atoms with Crippen LogP contribution in [0.25, 0.3) is 0 Å². The largest absolute Gasteiger partial charge is 0.301 e. The molecule has 0 aromatic carbocycles. The third-order valence-electron chi connectivity index (χ3n) is 3.27. The molecule has 2 atom stereocenters. The first kappa shape index (κ1) is 16.6. The number of rotatable bonds is 5. The van der Waals surface area contributed by atoms with E-state index in [4.69, 9.17) is 11.6 Å². The van der Waals surface area contributed by atoms with Gasteiger partial charge in [0.25, 0.3) is 10.0 Å². The SMILES string of the molecule is CC(=O)Nc1nnc(S(=O)(=O)NCC2CCCCC2Cl)s1. The van der Waals surface area contributed by atoms with Gasteiger partial charge in [0.05, 0.1) is 0 Å². The number of aromatic nitrogens is 2. The number of sulfonamides is 1. The second-order valence-corrected chi connectivity index (χ2v) is 8.45. The minimum absolute atomic E-state index is 0.00538. The average molecular weight is 353 g/mol. The fourth-order valence-corrected chi connectivity index (χ4v) is 4.64. The molecule has 118 valence electrons. The van der Waals surface area contributed by atoms with Crippen LogP contribution in [0, 0.1) is 5.92 Å². The fraction of sp³-hybridized carbons (Fsp3) is 0.727. The number of amides is 1. The predicted octanol–water partition coefficient (Wildman–Crippen LogP) is 1.57. The van der Waals surface area contributed by atoms with Gasteiger partial charge in [-0.25, -0.2) is 13.1 Å². The third kappa shape index (κ3) is 4.60. The predicted molar refractivity (Wildman–Crippen MR) is 81.0 cm³/mol. The van der Waals surface area contributed by atoms with Crippen molar-refractivity contribution in [2.45, 2.75) is 42.3 Å². The topological polar surface area (TPSA) is 101 Å². The van der Waals surface area contributed by atoms with Crippen molar-refractivity contribution in [1.29, 1.82) is 0 Å². The molecule has 1 saturated carbocycles. The summed E-state index contributed by atoms with van der Waals surface area (Å²) in [4.78, 5) is 10.9. The second-order valence-electron chi connectivity index (χ2n) is 4.97. The minimum atomic E-state index is -3.71. The summed E-state index contributed by atoms with van der Waals surface area (Å²) in [6.07, 6.45) is 4.00. The highest BCUT2D eigenvalue weighted by Gasteiger charge is 2.27. The van der Waals surface area contributed by atoms with Crippen molar-refractivity contribution in [3.05, 3.63) is 0 Å². The van der Waals surface area contributed by atoms with E-state index in [1.807, 2.05) is 0 Å². The maximum Gasteiger partial charge on any atom is 0.269 e. The molecule has 1 fully saturated rings. The number of hydrogen-bond donors (Lipinski definition) is 2. The van der Waals surface area contributed by atoms with Crippen molar-refractivity contribution in [3.8, 4) is 0 Å². The zero-order valence-corrected chi connectivity index (χ0v) is 13.9. The van der Waals surface area contributed by atoms with Crippen molar-refractivity contribution in [3.63, 3.8) is 0 Å². The lowest BCUT2D eigenvalue weighted by atomic mass is 9.89. The summed E-state index contributed by atoms with van der Waals surface area (Å²) in [5.74, 6) is -0.187. The Kier molecular flexibility index (Phi) is 5.53. The molecule has 2 N–H and O–H groups in total. The zero-order chi connectivity index (χ0) is 15.5. The van der Waals surface area contributed by atoms with E-state index in [2.05, 4.69) is 20.2 Å². The monoisotopic (exact) mass is 352 g/mol. The van der Waals surface area contributed by atoms with Gasteiger partial charge in [-0.3, -0.25) is 4.79 Å². The lowest BCUT2D eigenvalue weighted by Crippen LogP contribution is -2.34. The molecule has 0 saturated heterocycles. The van der Waals surface area contributed by atoms with Crippen LogP contribution in [0.2, 0.25) is 0 Å². The normalized spacial score (nSPS) is 23.0. The van der Waals surface area contributed by atoms with Crippen LogP contribution in [0.4, 0.5) is 5.13 Å². The van der Waals surface area contributed by atoms with Crippen LogP contribution in [0.1, 0.15) is 32.6 Å². The van der Waals surface area contributed by atoms with E-state index in [9.17, 15) is 13.2 Å². The average Bonchev–Trinajstić information content (AvgIpc) is 2.86. The molecule has 0 radical (unpaired) electrons. The molecule has 2 rings (SSSR count). The highest BCUT2D eigenvalue weighted by Crippen LogP contribution is 2.28. The summed E-state index contributed by atoms with van der Waals surface area (Å²) in [7, 11) is -3.71. The van der Waals surface area contributed by atoms with E-state index in [-0.39, 0.29) is 26.7 Å². The third-order valence-corrected chi connectivity index (χ3v) is 6.48. The van der Waals surface area contributed by atoms with E-state index in [0.717, 1.165) is 37.0 Å². The number of nitrogens with zero attached hydrogens (tertiary/aromatic N) is 2. The standard InChI is InChI=1S/C11H17ClN4O3S2/c1-7(17)14-10-15-16-11(20-10)21(18,19)13-6-8-4-2-3-5-9(8)12/h8-9,13H,2-6H2,1H3,(H,14,15,17). The summed E-state index contributed by atoms with van der Waals surface area (Å²) >= 11 is 7.03. The molecular weight excluding hydrogens is 336 g/mol. The summed E-state index contributed by atoms with van der Waals surface area (Å²) < 4.78 is 26.6. The van der Waals surface area contributed by atoms with Crippen molar-refractivity contribution in [1.82, 2.24) is 14.9 Å². The molecule has 2 unspecified atom stereocenters. The molecule has 0 spiro atoms. The number of nitrogens with one attached hydrogen (secondary N) is 2. The molecule has 1 aliphatic carbocycles. The van der Waals surface area contributed by atoms with Gasteiger partial charge < -0.3 is 5.32 Å². The summed E-state index contributed by atoms with van der Waals surface area (Å²) in [6, 6.07) is 0. The Morgan fingerprint density at radius 2 is 2.10 bits per heavy atom. The number of anilines is 1. The van der Waals surface area contributed by atoms with Gasteiger partial charge in [-0.05, 0) is 18.8 Å². The van der Waals surface area contributed by atoms with Crippen LogP contribution < -0.4 is 10.0 Å². The number of carbonyl (C=O) groups is 1. The Balaban J connectivity index is 1.97. The zero-order valence-electron chi connectivity index (χ0n) is 11.5. The molecule has 1 aliphatic rings. The highest BCUT2D eigenvalue weighted by atomic mass is 35.5. The van der Waals surface area contributed by atoms with Crippen LogP contribution >= 0.6 is 22.9 Å². The van der Waals surface area contributed by atoms with Crippen LogP contribution in [-0.2, 0) is 14.8 Å². The van der Waals surface area contributed by atoms with Crippen molar-refractivity contribution >= 4 is 44.0 Å². The van der Waals surface area contributed by atoms with Gasteiger partial charge >= 0.3 is 0 Å². The van der Waals surface area contributed by atoms with Crippen LogP contribution in [0.15, 0.2) is 4.34 Å². The number of hydrogen-bond acceptors (Lipinski definition) is 6. The lowest BCUT2D eigenvalue weighted by molar-refractivity contribution is -0.114. The molecule has 1 aromatic heterocycles. The van der Waals surface area contributed by atoms with Gasteiger partial charge in [0.2, 0.25) is 15.4 Å². The first-order chi connectivity index (χ1) is 9.88. The molecule has 10 heteroatoms. The van der Waals surface area contributed by atoms with Crippen LogP contribution in [0.5, 0.6) is 0 Å². The summed E-state index contributed by atoms with van der Waals surface area (Å²) in [5.41, 5.74) is 0. The minimum Gasteiger partial charge on any atom is -0.301 e. The Hall–Kier alpha value is -0.770. The first-order valence-electron chi connectivity index (χ1n) is 6.63. The van der Waals surface area contributed by atoms with E-state index >= 15 is 0 Å². The quantitative estimate of drug-likeness (QED) is 0.618. The van der Waals surface area contributed by atoms with E-state index in [0.29, 0.717) is 6.54 Å². The molecular formula is C11H17ClN4O3S2. The summed E-state index contributed by atoms with van der Waals surface area (Å²) in [6.45, 7) is 1.61. The molecule has 0 aliphatic heterocycles. The smallest absolute Gasteiger partial charge is 0.269 e. The van der Waals surface area contributed by atoms with E-state index in [1.54, 1.807) is 0 Å². The highest BCUT2D eigenvalue weighted by molar-refractivity contribution is 7.91. The fourth-order valence-electron chi connectivity index (χ4n) is 2.19. The Morgan fingerprint density at radius 1 is 1.38 bits per heavy atom. The molecule has 1 amide bonds. The van der Waals surface area contributed by atoms with Crippen LogP contribution in [-0.4, -0.2) is 36.4 Å². The molecule has 1 heterocycles. The summed E-state index contributed by atoms with van der Waals surface area (Å²) in [5, 5.41) is 9.79. The molecule has 21 heavy (non-hydrogen) atoms. The molecule has 0 bridgehead atoms. The molecule has 7 nitrogen and oxygen atoms in total. The maximum absolute atomic E-state index is 12.1. The number of carbonyl (C=O) groups excluding carboxylic acids is 1. The Morgan fingerprint density at radius 3 is 2.76 bits per heavy atom. The Bertz CT molecular complexity index is 604. The van der Waals surface area contributed by atoms with Gasteiger partial charge in [-0.2, -0.15) is 0 Å². The van der Waals surface area contributed by atoms with Crippen molar-refractivity contribution < 1.29 is 13.2 Å². The van der Waals surface area contributed by atoms with Gasteiger partial charge in [0, 0.05) is 18.8 Å². The van der Waals surface area contributed by atoms with Crippen molar-refractivity contribution in [2.24, 2.45) is 5.92 Å². The molecule has 1 aromatic rings. The van der Waals surface area contributed by atoms with Crippen molar-refractivity contribution in [2.75, 3.05) is 11.9 Å². The van der Waals surface area contributed by atoms with Crippen LogP contribution in [0.3, 0.4) is 0 Å². The van der Waals surface area contributed by atoms with Gasteiger partial charge in [-0.15, -0.1) is 21.8 Å². The van der Waals surface area contributed by atoms with E-state index < -0.39 is 10.0 Å². The first-order valence-corrected chi connectivity index (χ1v) is 9.37. The van der Waals surface area contributed by atoms with Gasteiger partial charge in [0.15, 0.2) is 0 Å². The van der Waals surface area contributed by atoms with E-state index in [1.165, 1.54) is 6.92 Å². The number of alkyl halides is 1.